The van der Waals surface area contributed by atoms with Crippen LogP contribution < -0.4 is 10.1 Å². The van der Waals surface area contributed by atoms with Crippen LogP contribution in [-0.4, -0.2) is 50.9 Å². The zero-order valence-electron chi connectivity index (χ0n) is 13.5. The largest absolute Gasteiger partial charge is 0.494 e. The van der Waals surface area contributed by atoms with Gasteiger partial charge in [0.2, 0.25) is 0 Å². The van der Waals surface area contributed by atoms with Crippen molar-refractivity contribution < 1.29 is 9.47 Å². The Kier molecular flexibility index (Phi) is 6.49. The van der Waals surface area contributed by atoms with Crippen LogP contribution in [-0.2, 0) is 4.74 Å². The summed E-state index contributed by atoms with van der Waals surface area (Å²) in [6.07, 6.45) is 1.35. The molecule has 4 nitrogen and oxygen atoms in total. The van der Waals surface area contributed by atoms with Gasteiger partial charge in [-0.05, 0) is 44.6 Å². The lowest BCUT2D eigenvalue weighted by Gasteiger charge is -2.39. The minimum Gasteiger partial charge on any atom is -0.494 e. The molecule has 1 aromatic rings. The molecule has 0 bridgehead atoms. The van der Waals surface area contributed by atoms with E-state index in [0.717, 1.165) is 38.4 Å². The lowest BCUT2D eigenvalue weighted by atomic mass is 9.98. The summed E-state index contributed by atoms with van der Waals surface area (Å²) in [5, 5.41) is 3.48. The molecule has 1 heterocycles. The number of morpholine rings is 1. The zero-order chi connectivity index (χ0) is 15.1. The van der Waals surface area contributed by atoms with Crippen molar-refractivity contribution in [3.05, 3.63) is 29.8 Å². The number of hydrogen-bond acceptors (Lipinski definition) is 4. The molecule has 2 atom stereocenters. The fraction of sp³-hybridized carbons (Fsp3) is 0.647. The SMILES string of the molecule is CCCNCC1OCCN(C)C1c1ccc(OCC)cc1. The smallest absolute Gasteiger partial charge is 0.119 e. The minimum atomic E-state index is 0.202. The second kappa shape index (κ2) is 8.37. The third-order valence-corrected chi connectivity index (χ3v) is 3.91. The van der Waals surface area contributed by atoms with E-state index in [1.807, 2.05) is 6.92 Å². The van der Waals surface area contributed by atoms with Gasteiger partial charge in [0, 0.05) is 13.1 Å². The quantitative estimate of drug-likeness (QED) is 0.783. The van der Waals surface area contributed by atoms with Crippen molar-refractivity contribution >= 4 is 0 Å². The highest BCUT2D eigenvalue weighted by molar-refractivity contribution is 5.30. The number of benzene rings is 1. The summed E-state index contributed by atoms with van der Waals surface area (Å²) < 4.78 is 11.5. The van der Waals surface area contributed by atoms with E-state index in [1.165, 1.54) is 5.56 Å². The summed E-state index contributed by atoms with van der Waals surface area (Å²) in [6, 6.07) is 8.73. The standard InChI is InChI=1S/C17H28N2O2/c1-4-10-18-13-16-17(19(3)11-12-21-16)14-6-8-15(9-7-14)20-5-2/h6-9,16-18H,4-5,10-13H2,1-3H3. The van der Waals surface area contributed by atoms with Gasteiger partial charge >= 0.3 is 0 Å². The van der Waals surface area contributed by atoms with Gasteiger partial charge in [0.15, 0.2) is 0 Å². The van der Waals surface area contributed by atoms with Crippen molar-refractivity contribution in [1.29, 1.82) is 0 Å². The summed E-state index contributed by atoms with van der Waals surface area (Å²) >= 11 is 0. The number of rotatable bonds is 7. The van der Waals surface area contributed by atoms with Crippen LogP contribution in [0.5, 0.6) is 5.75 Å². The zero-order valence-corrected chi connectivity index (χ0v) is 13.5. The van der Waals surface area contributed by atoms with E-state index in [4.69, 9.17) is 9.47 Å². The lowest BCUT2D eigenvalue weighted by Crippen LogP contribution is -2.47. The molecule has 0 saturated carbocycles. The Morgan fingerprint density at radius 1 is 1.29 bits per heavy atom. The molecule has 1 N–H and O–H groups in total. The predicted octanol–water partition coefficient (Wildman–Crippen LogP) is 2.46. The van der Waals surface area contributed by atoms with Gasteiger partial charge in [0.25, 0.3) is 0 Å². The van der Waals surface area contributed by atoms with E-state index in [0.29, 0.717) is 12.6 Å². The first-order chi connectivity index (χ1) is 10.3. The molecule has 2 rings (SSSR count). The van der Waals surface area contributed by atoms with Gasteiger partial charge in [-0.25, -0.2) is 0 Å². The molecule has 0 spiro atoms. The molecule has 0 radical (unpaired) electrons. The first-order valence-corrected chi connectivity index (χ1v) is 8.01. The fourth-order valence-electron chi connectivity index (χ4n) is 2.85. The minimum absolute atomic E-state index is 0.202. The highest BCUT2D eigenvalue weighted by Gasteiger charge is 2.31. The number of nitrogens with one attached hydrogen (secondary N) is 1. The van der Waals surface area contributed by atoms with Crippen molar-refractivity contribution in [1.82, 2.24) is 10.2 Å². The molecule has 0 aliphatic carbocycles. The topological polar surface area (TPSA) is 33.7 Å². The van der Waals surface area contributed by atoms with E-state index in [9.17, 15) is 0 Å². The van der Waals surface area contributed by atoms with E-state index in [2.05, 4.69) is 48.5 Å². The number of ether oxygens (including phenoxy) is 2. The normalized spacial score (nSPS) is 23.2. The van der Waals surface area contributed by atoms with Crippen molar-refractivity contribution in [2.75, 3.05) is 39.9 Å². The molecule has 2 unspecified atom stereocenters. The Balaban J connectivity index is 2.07. The van der Waals surface area contributed by atoms with E-state index >= 15 is 0 Å². The Morgan fingerprint density at radius 3 is 2.71 bits per heavy atom. The van der Waals surface area contributed by atoms with Gasteiger partial charge < -0.3 is 14.8 Å². The first-order valence-electron chi connectivity index (χ1n) is 8.01. The molecule has 1 aliphatic rings. The van der Waals surface area contributed by atoms with E-state index < -0.39 is 0 Å². The summed E-state index contributed by atoms with van der Waals surface area (Å²) in [6.45, 7) is 8.62. The van der Waals surface area contributed by atoms with Crippen molar-refractivity contribution in [3.63, 3.8) is 0 Å². The predicted molar refractivity (Wildman–Crippen MR) is 85.9 cm³/mol. The fourth-order valence-corrected chi connectivity index (χ4v) is 2.85. The second-order valence-electron chi connectivity index (χ2n) is 5.54. The second-order valence-corrected chi connectivity index (χ2v) is 5.54. The summed E-state index contributed by atoms with van der Waals surface area (Å²) in [4.78, 5) is 2.39. The molecular formula is C17H28N2O2. The maximum Gasteiger partial charge on any atom is 0.119 e. The van der Waals surface area contributed by atoms with Crippen molar-refractivity contribution in [2.45, 2.75) is 32.4 Å². The van der Waals surface area contributed by atoms with Crippen LogP contribution in [0.2, 0.25) is 0 Å². The van der Waals surface area contributed by atoms with Crippen LogP contribution in [0.25, 0.3) is 0 Å². The van der Waals surface area contributed by atoms with Crippen molar-refractivity contribution in [3.8, 4) is 5.75 Å². The van der Waals surface area contributed by atoms with Crippen LogP contribution in [0.4, 0.5) is 0 Å². The molecular weight excluding hydrogens is 264 g/mol. The number of likely N-dealkylation sites (N-methyl/N-ethyl adjacent to an activating group) is 1. The van der Waals surface area contributed by atoms with Crippen LogP contribution in [0.1, 0.15) is 31.9 Å². The number of nitrogens with zero attached hydrogens (tertiary/aromatic N) is 1. The van der Waals surface area contributed by atoms with E-state index in [-0.39, 0.29) is 6.10 Å². The van der Waals surface area contributed by atoms with E-state index in [1.54, 1.807) is 0 Å². The van der Waals surface area contributed by atoms with Crippen molar-refractivity contribution in [2.24, 2.45) is 0 Å². The molecule has 4 heteroatoms. The molecule has 1 saturated heterocycles. The summed E-state index contributed by atoms with van der Waals surface area (Å²) in [5.74, 6) is 0.932. The highest BCUT2D eigenvalue weighted by Crippen LogP contribution is 2.29. The molecule has 118 valence electrons. The number of hydrogen-bond donors (Lipinski definition) is 1. The third-order valence-electron chi connectivity index (χ3n) is 3.91. The lowest BCUT2D eigenvalue weighted by molar-refractivity contribution is -0.0612. The molecule has 1 fully saturated rings. The highest BCUT2D eigenvalue weighted by atomic mass is 16.5. The average molecular weight is 292 g/mol. The van der Waals surface area contributed by atoms with Gasteiger partial charge in [0.1, 0.15) is 5.75 Å². The Bertz CT molecular complexity index is 408. The molecule has 21 heavy (non-hydrogen) atoms. The third kappa shape index (κ3) is 4.43. The van der Waals surface area contributed by atoms with Crippen LogP contribution in [0, 0.1) is 0 Å². The Hall–Kier alpha value is -1.10. The van der Waals surface area contributed by atoms with Gasteiger partial charge in [-0.2, -0.15) is 0 Å². The Morgan fingerprint density at radius 2 is 2.05 bits per heavy atom. The maximum atomic E-state index is 6.00. The summed E-state index contributed by atoms with van der Waals surface area (Å²) in [5.41, 5.74) is 1.30. The van der Waals surface area contributed by atoms with Gasteiger partial charge in [-0.1, -0.05) is 19.1 Å². The summed E-state index contributed by atoms with van der Waals surface area (Å²) in [7, 11) is 2.18. The van der Waals surface area contributed by atoms with Gasteiger partial charge in [-0.3, -0.25) is 4.90 Å². The van der Waals surface area contributed by atoms with Crippen LogP contribution in [0.3, 0.4) is 0 Å². The first kappa shape index (κ1) is 16.3. The van der Waals surface area contributed by atoms with Crippen LogP contribution >= 0.6 is 0 Å². The molecule has 1 aliphatic heterocycles. The molecule has 1 aromatic carbocycles. The Labute approximate surface area is 128 Å². The average Bonchev–Trinajstić information content (AvgIpc) is 2.49. The monoisotopic (exact) mass is 292 g/mol. The molecule has 0 aromatic heterocycles. The molecule has 0 amide bonds. The van der Waals surface area contributed by atoms with Gasteiger partial charge in [0.05, 0.1) is 25.4 Å². The van der Waals surface area contributed by atoms with Crippen LogP contribution in [0.15, 0.2) is 24.3 Å². The van der Waals surface area contributed by atoms with Gasteiger partial charge in [-0.15, -0.1) is 0 Å². The maximum absolute atomic E-state index is 6.00.